The number of carboxylic acids is 1. The van der Waals surface area contributed by atoms with Gasteiger partial charge in [0.15, 0.2) is 0 Å². The molecule has 100 valence electrons. The maximum atomic E-state index is 11.1. The zero-order valence-corrected chi connectivity index (χ0v) is 11.5. The summed E-state index contributed by atoms with van der Waals surface area (Å²) in [6.07, 6.45) is 0. The van der Waals surface area contributed by atoms with Crippen molar-refractivity contribution in [1.82, 2.24) is 0 Å². The third-order valence-electron chi connectivity index (χ3n) is 3.17. The summed E-state index contributed by atoms with van der Waals surface area (Å²) in [4.78, 5) is 11.5. The van der Waals surface area contributed by atoms with Gasteiger partial charge < -0.3 is 10.4 Å². The van der Waals surface area contributed by atoms with E-state index in [4.69, 9.17) is 5.11 Å². The Morgan fingerprint density at radius 1 is 1.10 bits per heavy atom. The predicted molar refractivity (Wildman–Crippen MR) is 82.6 cm³/mol. The van der Waals surface area contributed by atoms with Crippen molar-refractivity contribution in [2.75, 3.05) is 5.32 Å². The van der Waals surface area contributed by atoms with Gasteiger partial charge in [0, 0.05) is 12.2 Å². The number of carbonyl (C=O) groups is 1. The fraction of sp³-hybridized carbons (Fsp3) is 0.0625. The van der Waals surface area contributed by atoms with Crippen LogP contribution in [0.2, 0.25) is 0 Å². The lowest BCUT2D eigenvalue weighted by Gasteiger charge is -2.07. The topological polar surface area (TPSA) is 49.3 Å². The molecule has 0 saturated carbocycles. The van der Waals surface area contributed by atoms with Crippen LogP contribution in [0.1, 0.15) is 15.2 Å². The molecule has 3 aromatic rings. The molecule has 0 spiro atoms. The summed E-state index contributed by atoms with van der Waals surface area (Å²) in [6.45, 7) is 0.517. The molecule has 0 aliphatic rings. The molecule has 1 aromatic heterocycles. The summed E-state index contributed by atoms with van der Waals surface area (Å²) in [5.74, 6) is -0.865. The van der Waals surface area contributed by atoms with Gasteiger partial charge in [-0.2, -0.15) is 0 Å². The van der Waals surface area contributed by atoms with E-state index in [2.05, 4.69) is 29.6 Å². The second-order valence-corrected chi connectivity index (χ2v) is 5.41. The number of anilines is 1. The van der Waals surface area contributed by atoms with Gasteiger partial charge in [0.25, 0.3) is 0 Å². The minimum atomic E-state index is -0.865. The Kier molecular flexibility index (Phi) is 3.39. The maximum absolute atomic E-state index is 11.1. The highest BCUT2D eigenvalue weighted by Crippen LogP contribution is 2.21. The van der Waals surface area contributed by atoms with Gasteiger partial charge in [-0.25, -0.2) is 4.79 Å². The van der Waals surface area contributed by atoms with E-state index in [1.165, 1.54) is 22.1 Å². The molecular formula is C16H13NO2S. The first-order valence-electron chi connectivity index (χ1n) is 6.26. The molecule has 20 heavy (non-hydrogen) atoms. The molecule has 0 aliphatic heterocycles. The van der Waals surface area contributed by atoms with Crippen molar-refractivity contribution in [2.24, 2.45) is 0 Å². The van der Waals surface area contributed by atoms with E-state index < -0.39 is 5.97 Å². The van der Waals surface area contributed by atoms with Gasteiger partial charge in [0.1, 0.15) is 4.88 Å². The van der Waals surface area contributed by atoms with E-state index in [1.54, 1.807) is 5.38 Å². The third-order valence-corrected chi connectivity index (χ3v) is 4.12. The lowest BCUT2D eigenvalue weighted by molar-refractivity contribution is 0.0701. The highest BCUT2D eigenvalue weighted by atomic mass is 32.1. The first-order valence-corrected chi connectivity index (χ1v) is 7.14. The monoisotopic (exact) mass is 283 g/mol. The van der Waals surface area contributed by atoms with Crippen molar-refractivity contribution in [3.8, 4) is 0 Å². The van der Waals surface area contributed by atoms with Gasteiger partial charge in [-0.3, -0.25) is 0 Å². The molecule has 0 fully saturated rings. The van der Waals surface area contributed by atoms with E-state index in [9.17, 15) is 4.79 Å². The van der Waals surface area contributed by atoms with E-state index in [0.717, 1.165) is 11.3 Å². The first kappa shape index (κ1) is 12.7. The number of fused-ring (bicyclic) bond motifs is 1. The number of rotatable bonds is 4. The number of nitrogens with one attached hydrogen (secondary N) is 1. The largest absolute Gasteiger partial charge is 0.477 e. The van der Waals surface area contributed by atoms with Crippen molar-refractivity contribution < 1.29 is 9.90 Å². The molecule has 0 amide bonds. The maximum Gasteiger partial charge on any atom is 0.346 e. The average Bonchev–Trinajstić information content (AvgIpc) is 2.93. The van der Waals surface area contributed by atoms with Crippen LogP contribution in [0.15, 0.2) is 53.9 Å². The number of hydrogen-bond acceptors (Lipinski definition) is 3. The van der Waals surface area contributed by atoms with Gasteiger partial charge in [0.05, 0.1) is 0 Å². The van der Waals surface area contributed by atoms with Gasteiger partial charge in [-0.05, 0) is 39.9 Å². The second kappa shape index (κ2) is 5.35. The van der Waals surface area contributed by atoms with Crippen molar-refractivity contribution in [1.29, 1.82) is 0 Å². The minimum Gasteiger partial charge on any atom is -0.477 e. The van der Waals surface area contributed by atoms with Crippen LogP contribution in [0.3, 0.4) is 0 Å². The molecule has 0 radical (unpaired) electrons. The van der Waals surface area contributed by atoms with Crippen molar-refractivity contribution in [3.05, 3.63) is 64.4 Å². The molecule has 0 bridgehead atoms. The van der Waals surface area contributed by atoms with Crippen LogP contribution in [-0.4, -0.2) is 11.1 Å². The quantitative estimate of drug-likeness (QED) is 0.754. The molecule has 0 aliphatic carbocycles. The highest BCUT2D eigenvalue weighted by molar-refractivity contribution is 7.12. The summed E-state index contributed by atoms with van der Waals surface area (Å²) >= 11 is 1.26. The average molecular weight is 283 g/mol. The Balaban J connectivity index is 1.79. The summed E-state index contributed by atoms with van der Waals surface area (Å²) in [5.41, 5.74) is 1.81. The normalized spacial score (nSPS) is 10.6. The van der Waals surface area contributed by atoms with E-state index >= 15 is 0 Å². The van der Waals surface area contributed by atoms with Gasteiger partial charge in [-0.15, -0.1) is 11.3 Å². The number of benzene rings is 2. The molecule has 4 heteroatoms. The summed E-state index contributed by atoms with van der Waals surface area (Å²) in [6, 6.07) is 16.1. The Labute approximate surface area is 120 Å². The summed E-state index contributed by atoms with van der Waals surface area (Å²) < 4.78 is 0. The molecule has 2 aromatic carbocycles. The molecule has 1 heterocycles. The van der Waals surface area contributed by atoms with Crippen LogP contribution in [0.4, 0.5) is 5.69 Å². The van der Waals surface area contributed by atoms with Crippen LogP contribution in [-0.2, 0) is 6.54 Å². The molecule has 0 unspecified atom stereocenters. The van der Waals surface area contributed by atoms with Crippen LogP contribution in [0.5, 0.6) is 0 Å². The first-order chi connectivity index (χ1) is 9.74. The van der Waals surface area contributed by atoms with Crippen LogP contribution in [0, 0.1) is 0 Å². The smallest absolute Gasteiger partial charge is 0.346 e. The van der Waals surface area contributed by atoms with Crippen LogP contribution >= 0.6 is 11.3 Å². The fourth-order valence-corrected chi connectivity index (χ4v) is 2.92. The van der Waals surface area contributed by atoms with Gasteiger partial charge >= 0.3 is 5.97 Å². The zero-order chi connectivity index (χ0) is 13.9. The van der Waals surface area contributed by atoms with Gasteiger partial charge in [0.2, 0.25) is 0 Å². The van der Waals surface area contributed by atoms with Gasteiger partial charge in [-0.1, -0.05) is 30.3 Å². The third kappa shape index (κ3) is 2.51. The Morgan fingerprint density at radius 2 is 1.90 bits per heavy atom. The van der Waals surface area contributed by atoms with E-state index in [1.807, 2.05) is 24.3 Å². The zero-order valence-electron chi connectivity index (χ0n) is 10.7. The SMILES string of the molecule is O=C(O)c1sccc1CNc1ccc2ccccc2c1. The highest BCUT2D eigenvalue weighted by Gasteiger charge is 2.10. The van der Waals surface area contributed by atoms with E-state index in [0.29, 0.717) is 11.4 Å². The number of thiophene rings is 1. The molecule has 3 rings (SSSR count). The summed E-state index contributed by atoms with van der Waals surface area (Å²) in [7, 11) is 0. The lowest BCUT2D eigenvalue weighted by atomic mass is 10.1. The minimum absolute atomic E-state index is 0.401. The second-order valence-electron chi connectivity index (χ2n) is 4.50. The lowest BCUT2D eigenvalue weighted by Crippen LogP contribution is -2.03. The van der Waals surface area contributed by atoms with Crippen molar-refractivity contribution in [3.63, 3.8) is 0 Å². The fourth-order valence-electron chi connectivity index (χ4n) is 2.16. The molecule has 3 nitrogen and oxygen atoms in total. The standard InChI is InChI=1S/C16H13NO2S/c18-16(19)15-13(7-8-20-15)10-17-14-6-5-11-3-1-2-4-12(11)9-14/h1-9,17H,10H2,(H,18,19). The molecule has 0 saturated heterocycles. The molecule has 2 N–H and O–H groups in total. The predicted octanol–water partition coefficient (Wildman–Crippen LogP) is 4.21. The van der Waals surface area contributed by atoms with E-state index in [-0.39, 0.29) is 0 Å². The summed E-state index contributed by atoms with van der Waals surface area (Å²) in [5, 5.41) is 16.5. The van der Waals surface area contributed by atoms with Crippen LogP contribution < -0.4 is 5.32 Å². The molecular weight excluding hydrogens is 270 g/mol. The Bertz CT molecular complexity index is 764. The molecule has 0 atom stereocenters. The van der Waals surface area contributed by atoms with Crippen molar-refractivity contribution >= 4 is 33.8 Å². The Morgan fingerprint density at radius 3 is 2.70 bits per heavy atom. The number of carboxylic acid groups (broad SMARTS) is 1. The Hall–Kier alpha value is -2.33. The van der Waals surface area contributed by atoms with Crippen molar-refractivity contribution in [2.45, 2.75) is 6.54 Å². The number of hydrogen-bond donors (Lipinski definition) is 2. The van der Waals surface area contributed by atoms with Crippen LogP contribution in [0.25, 0.3) is 10.8 Å². The number of aromatic carboxylic acids is 1.